The van der Waals surface area contributed by atoms with Crippen LogP contribution in [0.2, 0.25) is 0 Å². The van der Waals surface area contributed by atoms with Crippen LogP contribution in [0, 0.1) is 11.8 Å². The molecule has 2 aliphatic rings. The van der Waals surface area contributed by atoms with Gasteiger partial charge >= 0.3 is 0 Å². The van der Waals surface area contributed by atoms with Gasteiger partial charge in [-0.15, -0.1) is 0 Å². The SMILES string of the molecule is CC(=O)Cc1ccc2c(c1)CCC(CCC1CCC(=O)NC1=O)C2=O. The van der Waals surface area contributed by atoms with Crippen molar-refractivity contribution < 1.29 is 19.2 Å². The van der Waals surface area contributed by atoms with Crippen LogP contribution in [0.1, 0.15) is 60.5 Å². The van der Waals surface area contributed by atoms with Crippen molar-refractivity contribution in [2.24, 2.45) is 11.8 Å². The molecule has 0 radical (unpaired) electrons. The van der Waals surface area contributed by atoms with Crippen molar-refractivity contribution in [3.63, 3.8) is 0 Å². The molecule has 1 fully saturated rings. The second-order valence-electron chi connectivity index (χ2n) is 7.20. The zero-order chi connectivity index (χ0) is 18.0. The van der Waals surface area contributed by atoms with Gasteiger partial charge in [0, 0.05) is 30.2 Å². The Balaban J connectivity index is 1.63. The smallest absolute Gasteiger partial charge is 0.229 e. The lowest BCUT2D eigenvalue weighted by atomic mass is 9.78. The third-order valence-corrected chi connectivity index (χ3v) is 5.24. The Morgan fingerprint density at radius 3 is 2.52 bits per heavy atom. The summed E-state index contributed by atoms with van der Waals surface area (Å²) in [7, 11) is 0. The number of fused-ring (bicyclic) bond motifs is 1. The van der Waals surface area contributed by atoms with Gasteiger partial charge in [0.15, 0.2) is 5.78 Å². The number of benzene rings is 1. The van der Waals surface area contributed by atoms with Crippen molar-refractivity contribution in [1.82, 2.24) is 5.32 Å². The molecule has 2 amide bonds. The monoisotopic (exact) mass is 341 g/mol. The molecule has 0 aromatic heterocycles. The number of aryl methyl sites for hydroxylation is 1. The normalized spacial score (nSPS) is 23.2. The molecule has 5 heteroatoms. The average molecular weight is 341 g/mol. The van der Waals surface area contributed by atoms with Gasteiger partial charge in [0.05, 0.1) is 0 Å². The molecule has 1 N–H and O–H groups in total. The Bertz CT molecular complexity index is 737. The minimum absolute atomic E-state index is 0.0587. The Morgan fingerprint density at radius 1 is 1.08 bits per heavy atom. The van der Waals surface area contributed by atoms with Gasteiger partial charge in [0.25, 0.3) is 0 Å². The summed E-state index contributed by atoms with van der Waals surface area (Å²) in [6.45, 7) is 1.57. The van der Waals surface area contributed by atoms with Gasteiger partial charge in [0.2, 0.25) is 11.8 Å². The lowest BCUT2D eigenvalue weighted by Gasteiger charge is -2.26. The van der Waals surface area contributed by atoms with E-state index in [-0.39, 0.29) is 35.2 Å². The fourth-order valence-electron chi connectivity index (χ4n) is 3.86. The molecule has 3 rings (SSSR count). The van der Waals surface area contributed by atoms with Crippen molar-refractivity contribution in [3.05, 3.63) is 34.9 Å². The van der Waals surface area contributed by atoms with Gasteiger partial charge in [0.1, 0.15) is 5.78 Å². The summed E-state index contributed by atoms with van der Waals surface area (Å²) in [4.78, 5) is 47.0. The largest absolute Gasteiger partial charge is 0.300 e. The van der Waals surface area contributed by atoms with E-state index in [1.807, 2.05) is 18.2 Å². The highest BCUT2D eigenvalue weighted by atomic mass is 16.2. The number of imide groups is 1. The van der Waals surface area contributed by atoms with E-state index in [2.05, 4.69) is 5.32 Å². The van der Waals surface area contributed by atoms with Crippen LogP contribution in [0.25, 0.3) is 0 Å². The van der Waals surface area contributed by atoms with Crippen LogP contribution >= 0.6 is 0 Å². The van der Waals surface area contributed by atoms with Crippen molar-refractivity contribution in [1.29, 1.82) is 0 Å². The number of Topliss-reactive ketones (excluding diaryl/α,β-unsaturated/α-hetero) is 2. The maximum atomic E-state index is 12.7. The molecule has 0 bridgehead atoms. The average Bonchev–Trinajstić information content (AvgIpc) is 2.55. The Morgan fingerprint density at radius 2 is 1.80 bits per heavy atom. The number of rotatable bonds is 5. The summed E-state index contributed by atoms with van der Waals surface area (Å²) < 4.78 is 0. The molecule has 1 aliphatic carbocycles. The minimum atomic E-state index is -0.203. The Kier molecular flexibility index (Phi) is 5.11. The molecule has 5 nitrogen and oxygen atoms in total. The first kappa shape index (κ1) is 17.5. The molecule has 0 saturated carbocycles. The van der Waals surface area contributed by atoms with Gasteiger partial charge in [-0.3, -0.25) is 24.5 Å². The van der Waals surface area contributed by atoms with E-state index in [1.165, 1.54) is 0 Å². The molecule has 1 aromatic rings. The zero-order valence-electron chi connectivity index (χ0n) is 14.5. The van der Waals surface area contributed by atoms with Gasteiger partial charge in [-0.1, -0.05) is 18.2 Å². The van der Waals surface area contributed by atoms with Crippen molar-refractivity contribution >= 4 is 23.4 Å². The third-order valence-electron chi connectivity index (χ3n) is 5.24. The van der Waals surface area contributed by atoms with E-state index < -0.39 is 0 Å². The summed E-state index contributed by atoms with van der Waals surface area (Å²) in [6.07, 6.45) is 4.30. The second kappa shape index (κ2) is 7.30. The third kappa shape index (κ3) is 4.03. The van der Waals surface area contributed by atoms with Crippen LogP contribution in [-0.4, -0.2) is 23.4 Å². The molecule has 1 saturated heterocycles. The summed E-state index contributed by atoms with van der Waals surface area (Å²) >= 11 is 0. The maximum absolute atomic E-state index is 12.7. The molecule has 2 atom stereocenters. The number of amides is 2. The Hall–Kier alpha value is -2.30. The molecular formula is C20H23NO4. The van der Waals surface area contributed by atoms with Crippen LogP contribution in [0.4, 0.5) is 0 Å². The minimum Gasteiger partial charge on any atom is -0.300 e. The van der Waals surface area contributed by atoms with Crippen LogP contribution < -0.4 is 5.32 Å². The predicted molar refractivity (Wildman–Crippen MR) is 92.1 cm³/mol. The van der Waals surface area contributed by atoms with E-state index in [0.29, 0.717) is 32.1 Å². The van der Waals surface area contributed by atoms with E-state index in [1.54, 1.807) is 6.92 Å². The van der Waals surface area contributed by atoms with Crippen molar-refractivity contribution in [2.75, 3.05) is 0 Å². The lowest BCUT2D eigenvalue weighted by molar-refractivity contribution is -0.136. The summed E-state index contributed by atoms with van der Waals surface area (Å²) in [5.41, 5.74) is 2.74. The molecule has 1 heterocycles. The molecule has 1 aliphatic heterocycles. The van der Waals surface area contributed by atoms with E-state index in [9.17, 15) is 19.2 Å². The first-order chi connectivity index (χ1) is 11.9. The highest BCUT2D eigenvalue weighted by Gasteiger charge is 2.31. The van der Waals surface area contributed by atoms with Gasteiger partial charge in [-0.25, -0.2) is 0 Å². The molecule has 1 aromatic carbocycles. The number of piperidine rings is 1. The van der Waals surface area contributed by atoms with Gasteiger partial charge < -0.3 is 0 Å². The Labute approximate surface area is 147 Å². The van der Waals surface area contributed by atoms with Crippen molar-refractivity contribution in [2.45, 2.75) is 51.9 Å². The van der Waals surface area contributed by atoms with E-state index in [0.717, 1.165) is 29.5 Å². The number of carbonyl (C=O) groups is 4. The number of hydrogen-bond donors (Lipinski definition) is 1. The number of nitrogens with one attached hydrogen (secondary N) is 1. The van der Waals surface area contributed by atoms with Gasteiger partial charge in [-0.05, 0) is 50.2 Å². The fraction of sp³-hybridized carbons (Fsp3) is 0.500. The number of carbonyl (C=O) groups excluding carboxylic acids is 4. The van der Waals surface area contributed by atoms with Crippen LogP contribution in [0.5, 0.6) is 0 Å². The molecular weight excluding hydrogens is 318 g/mol. The molecule has 0 spiro atoms. The van der Waals surface area contributed by atoms with Crippen LogP contribution in [-0.2, 0) is 27.2 Å². The molecule has 132 valence electrons. The van der Waals surface area contributed by atoms with Crippen molar-refractivity contribution in [3.8, 4) is 0 Å². The maximum Gasteiger partial charge on any atom is 0.229 e. The number of ketones is 2. The predicted octanol–water partition coefficient (Wildman–Crippen LogP) is 2.40. The summed E-state index contributed by atoms with van der Waals surface area (Å²) in [5, 5.41) is 2.38. The quantitative estimate of drug-likeness (QED) is 0.834. The van der Waals surface area contributed by atoms with Crippen LogP contribution in [0.3, 0.4) is 0 Å². The standard InChI is InChI=1S/C20H23NO4/c1-12(22)10-13-2-8-17-16(11-13)6-4-14(19(17)24)3-5-15-7-9-18(23)21-20(15)25/h2,8,11,14-15H,3-7,9-10H2,1H3,(H,21,23,25). The first-order valence-electron chi connectivity index (χ1n) is 8.93. The van der Waals surface area contributed by atoms with E-state index >= 15 is 0 Å². The number of hydrogen-bond acceptors (Lipinski definition) is 4. The summed E-state index contributed by atoms with van der Waals surface area (Å²) in [6, 6.07) is 5.68. The molecule has 25 heavy (non-hydrogen) atoms. The topological polar surface area (TPSA) is 80.3 Å². The fourth-order valence-corrected chi connectivity index (χ4v) is 3.86. The molecule has 2 unspecified atom stereocenters. The second-order valence-corrected chi connectivity index (χ2v) is 7.20. The first-order valence-corrected chi connectivity index (χ1v) is 8.93. The van der Waals surface area contributed by atoms with Crippen LogP contribution in [0.15, 0.2) is 18.2 Å². The highest BCUT2D eigenvalue weighted by Crippen LogP contribution is 2.31. The van der Waals surface area contributed by atoms with E-state index in [4.69, 9.17) is 0 Å². The highest BCUT2D eigenvalue weighted by molar-refractivity contribution is 6.00. The van der Waals surface area contributed by atoms with Gasteiger partial charge in [-0.2, -0.15) is 0 Å². The lowest BCUT2D eigenvalue weighted by Crippen LogP contribution is -2.41. The zero-order valence-corrected chi connectivity index (χ0v) is 14.5. The summed E-state index contributed by atoms with van der Waals surface area (Å²) in [5.74, 6) is -0.368.